The van der Waals surface area contributed by atoms with Gasteiger partial charge in [-0.05, 0) is 69.4 Å². The SMILES string of the molecule is CC(C)=CCC/C(C)=C/CN1C(=O)[C@](O)([C@H](C)/C=C/CC(=O)N2Cc3ccccc3C[C@H]2CO)c2cc(Cl)ccc21. The molecule has 0 fully saturated rings. The molecule has 0 saturated heterocycles. The van der Waals surface area contributed by atoms with Crippen LogP contribution in [-0.2, 0) is 28.2 Å². The summed E-state index contributed by atoms with van der Waals surface area (Å²) in [7, 11) is 0. The van der Waals surface area contributed by atoms with Gasteiger partial charge in [0.2, 0.25) is 5.91 Å². The van der Waals surface area contributed by atoms with Crippen molar-refractivity contribution in [1.82, 2.24) is 4.90 Å². The Morgan fingerprint density at radius 3 is 2.59 bits per heavy atom. The van der Waals surface area contributed by atoms with Crippen LogP contribution in [0, 0.1) is 5.92 Å². The molecule has 2 aliphatic rings. The maximum Gasteiger partial charge on any atom is 0.264 e. The lowest BCUT2D eigenvalue weighted by molar-refractivity contribution is -0.139. The summed E-state index contributed by atoms with van der Waals surface area (Å²) in [5.41, 5.74) is 4.01. The molecule has 0 saturated carbocycles. The summed E-state index contributed by atoms with van der Waals surface area (Å²) >= 11 is 6.31. The summed E-state index contributed by atoms with van der Waals surface area (Å²) in [5.74, 6) is -1.12. The first kappa shape index (κ1) is 30.8. The monoisotopic (exact) mass is 576 g/mol. The second-order valence-electron chi connectivity index (χ2n) is 11.5. The van der Waals surface area contributed by atoms with E-state index in [1.807, 2.05) is 30.3 Å². The fourth-order valence-electron chi connectivity index (χ4n) is 5.71. The maximum absolute atomic E-state index is 13.8. The number of benzene rings is 2. The zero-order chi connectivity index (χ0) is 29.7. The quantitative estimate of drug-likeness (QED) is 0.335. The molecule has 0 radical (unpaired) electrons. The third-order valence-electron chi connectivity index (χ3n) is 8.21. The Morgan fingerprint density at radius 1 is 1.15 bits per heavy atom. The fourth-order valence-corrected chi connectivity index (χ4v) is 5.88. The lowest BCUT2D eigenvalue weighted by Crippen LogP contribution is -2.46. The maximum atomic E-state index is 13.8. The van der Waals surface area contributed by atoms with Crippen molar-refractivity contribution >= 4 is 29.1 Å². The summed E-state index contributed by atoms with van der Waals surface area (Å²) in [4.78, 5) is 30.3. The second kappa shape index (κ2) is 13.2. The van der Waals surface area contributed by atoms with Crippen LogP contribution < -0.4 is 4.90 Å². The van der Waals surface area contributed by atoms with Gasteiger partial charge in [0, 0.05) is 36.0 Å². The summed E-state index contributed by atoms with van der Waals surface area (Å²) in [5, 5.41) is 22.3. The van der Waals surface area contributed by atoms with Crippen molar-refractivity contribution in [3.05, 3.63) is 99.6 Å². The molecule has 2 aromatic rings. The van der Waals surface area contributed by atoms with Crippen LogP contribution in [-0.4, -0.2) is 46.1 Å². The molecule has 2 aliphatic heterocycles. The molecule has 7 heteroatoms. The number of hydrogen-bond donors (Lipinski definition) is 2. The van der Waals surface area contributed by atoms with Gasteiger partial charge in [0.1, 0.15) is 0 Å². The van der Waals surface area contributed by atoms with Crippen molar-refractivity contribution in [3.8, 4) is 0 Å². The zero-order valence-electron chi connectivity index (χ0n) is 24.4. The predicted octanol–water partition coefficient (Wildman–Crippen LogP) is 6.10. The summed E-state index contributed by atoms with van der Waals surface area (Å²) in [6.45, 7) is 8.69. The average Bonchev–Trinajstić information content (AvgIpc) is 3.16. The minimum Gasteiger partial charge on any atom is -0.394 e. The molecule has 0 aliphatic carbocycles. The van der Waals surface area contributed by atoms with Gasteiger partial charge in [0.25, 0.3) is 5.91 Å². The number of hydrogen-bond acceptors (Lipinski definition) is 4. The highest BCUT2D eigenvalue weighted by Gasteiger charge is 2.52. The smallest absolute Gasteiger partial charge is 0.264 e. The Kier molecular flexibility index (Phi) is 9.90. The van der Waals surface area contributed by atoms with Crippen molar-refractivity contribution < 1.29 is 19.8 Å². The van der Waals surface area contributed by atoms with Crippen LogP contribution in [0.4, 0.5) is 5.69 Å². The largest absolute Gasteiger partial charge is 0.394 e. The molecular weight excluding hydrogens is 536 g/mol. The number of halogens is 1. The molecule has 6 nitrogen and oxygen atoms in total. The molecule has 3 atom stereocenters. The van der Waals surface area contributed by atoms with Gasteiger partial charge in [-0.1, -0.05) is 78.2 Å². The van der Waals surface area contributed by atoms with E-state index >= 15 is 0 Å². The highest BCUT2D eigenvalue weighted by Crippen LogP contribution is 2.46. The van der Waals surface area contributed by atoms with Crippen LogP contribution in [0.15, 0.2) is 77.9 Å². The van der Waals surface area contributed by atoms with E-state index in [1.54, 1.807) is 47.1 Å². The third kappa shape index (κ3) is 6.66. The first-order valence-electron chi connectivity index (χ1n) is 14.3. The van der Waals surface area contributed by atoms with Gasteiger partial charge in [-0.25, -0.2) is 0 Å². The molecule has 0 unspecified atom stereocenters. The number of allylic oxidation sites excluding steroid dienone is 3. The summed E-state index contributed by atoms with van der Waals surface area (Å²) in [6, 6.07) is 12.9. The molecule has 2 amide bonds. The van der Waals surface area contributed by atoms with E-state index in [0.717, 1.165) is 24.0 Å². The first-order valence-corrected chi connectivity index (χ1v) is 14.7. The second-order valence-corrected chi connectivity index (χ2v) is 11.9. The summed E-state index contributed by atoms with van der Waals surface area (Å²) in [6.07, 6.45) is 10.2. The van der Waals surface area contributed by atoms with Crippen LogP contribution in [0.1, 0.15) is 63.6 Å². The number of carbonyl (C=O) groups excluding carboxylic acids is 2. The van der Waals surface area contributed by atoms with E-state index in [0.29, 0.717) is 35.8 Å². The zero-order valence-corrected chi connectivity index (χ0v) is 25.2. The van der Waals surface area contributed by atoms with E-state index < -0.39 is 17.4 Å². The number of aliphatic hydroxyl groups is 2. The number of carbonyl (C=O) groups is 2. The Balaban J connectivity index is 1.48. The molecular formula is C34H41ClN2O4. The van der Waals surface area contributed by atoms with Crippen LogP contribution in [0.3, 0.4) is 0 Å². The highest BCUT2D eigenvalue weighted by molar-refractivity contribution is 6.31. The van der Waals surface area contributed by atoms with Gasteiger partial charge in [-0.2, -0.15) is 0 Å². The predicted molar refractivity (Wildman–Crippen MR) is 165 cm³/mol. The van der Waals surface area contributed by atoms with Gasteiger partial charge < -0.3 is 20.0 Å². The molecule has 0 aromatic heterocycles. The molecule has 218 valence electrons. The minimum absolute atomic E-state index is 0.104. The number of fused-ring (bicyclic) bond motifs is 2. The van der Waals surface area contributed by atoms with Crippen LogP contribution in [0.5, 0.6) is 0 Å². The van der Waals surface area contributed by atoms with E-state index in [2.05, 4.69) is 26.8 Å². The third-order valence-corrected chi connectivity index (χ3v) is 8.44. The lowest BCUT2D eigenvalue weighted by atomic mass is 9.83. The van der Waals surface area contributed by atoms with Crippen LogP contribution >= 0.6 is 11.6 Å². The number of rotatable bonds is 10. The van der Waals surface area contributed by atoms with E-state index in [4.69, 9.17) is 11.6 Å². The topological polar surface area (TPSA) is 81.1 Å². The van der Waals surface area contributed by atoms with E-state index in [-0.39, 0.29) is 25.0 Å². The van der Waals surface area contributed by atoms with Gasteiger partial charge in [-0.3, -0.25) is 9.59 Å². The number of amides is 2. The number of anilines is 1. The molecule has 2 N–H and O–H groups in total. The minimum atomic E-state index is -1.80. The Morgan fingerprint density at radius 2 is 1.88 bits per heavy atom. The Labute approximate surface area is 248 Å². The van der Waals surface area contributed by atoms with Gasteiger partial charge in [0.05, 0.1) is 18.3 Å². The van der Waals surface area contributed by atoms with E-state index in [9.17, 15) is 19.8 Å². The average molecular weight is 577 g/mol. The number of nitrogens with zero attached hydrogens (tertiary/aromatic N) is 2. The van der Waals surface area contributed by atoms with E-state index in [1.165, 1.54) is 11.1 Å². The van der Waals surface area contributed by atoms with Crippen LogP contribution in [0.2, 0.25) is 5.02 Å². The molecule has 0 bridgehead atoms. The molecule has 0 spiro atoms. The van der Waals surface area contributed by atoms with Gasteiger partial charge in [0.15, 0.2) is 5.60 Å². The van der Waals surface area contributed by atoms with Crippen molar-refractivity contribution in [2.24, 2.45) is 5.92 Å². The number of aliphatic hydroxyl groups excluding tert-OH is 1. The molecule has 2 heterocycles. The normalized spacial score (nSPS) is 21.2. The Hall–Kier alpha value is -3.19. The van der Waals surface area contributed by atoms with Crippen molar-refractivity contribution in [2.75, 3.05) is 18.1 Å². The van der Waals surface area contributed by atoms with Crippen molar-refractivity contribution in [2.45, 2.75) is 71.6 Å². The highest BCUT2D eigenvalue weighted by atomic mass is 35.5. The van der Waals surface area contributed by atoms with Gasteiger partial charge >= 0.3 is 0 Å². The molecule has 4 rings (SSSR count). The first-order chi connectivity index (χ1) is 19.6. The fraction of sp³-hybridized carbons (Fsp3) is 0.412. The summed E-state index contributed by atoms with van der Waals surface area (Å²) < 4.78 is 0. The van der Waals surface area contributed by atoms with Crippen LogP contribution in [0.25, 0.3) is 0 Å². The lowest BCUT2D eigenvalue weighted by Gasteiger charge is -2.36. The van der Waals surface area contributed by atoms with Gasteiger partial charge in [-0.15, -0.1) is 0 Å². The Bertz CT molecular complexity index is 1380. The van der Waals surface area contributed by atoms with Crippen molar-refractivity contribution in [1.29, 1.82) is 0 Å². The molecule has 2 aromatic carbocycles. The van der Waals surface area contributed by atoms with Crippen molar-refractivity contribution in [3.63, 3.8) is 0 Å². The molecule has 41 heavy (non-hydrogen) atoms. The standard InChI is InChI=1S/C34H41ClN2O4/c1-23(2)9-7-10-24(3)17-18-36-31-16-15-28(35)20-30(31)34(41,33(36)40)25(4)11-8-14-32(39)37-21-27-13-6-5-12-26(27)19-29(37)22-38/h5-6,8-9,11-13,15-17,20,25,29,38,41H,7,10,14,18-19,21-22H2,1-4H3/b11-8+,24-17+/t25-,29+,34+/m1/s1.